The van der Waals surface area contributed by atoms with Crippen LogP contribution >= 0.6 is 11.8 Å². The number of nitrogens with zero attached hydrogens (tertiary/aromatic N) is 4. The Morgan fingerprint density at radius 3 is 2.33 bits per heavy atom. The SMILES string of the molecule is CCN(CC)c1ccc(/C=C2/SC(N3CCN(C(C)=O)CC3)=NC2=O)cc1. The van der Waals surface area contributed by atoms with Crippen LogP contribution in [0.3, 0.4) is 0 Å². The molecule has 6 nitrogen and oxygen atoms in total. The summed E-state index contributed by atoms with van der Waals surface area (Å²) in [5.41, 5.74) is 2.19. The zero-order chi connectivity index (χ0) is 19.4. The Bertz CT molecular complexity index is 761. The predicted molar refractivity (Wildman–Crippen MR) is 112 cm³/mol. The Kier molecular flexibility index (Phi) is 6.21. The van der Waals surface area contributed by atoms with Gasteiger partial charge in [0.25, 0.3) is 5.91 Å². The van der Waals surface area contributed by atoms with Gasteiger partial charge in [-0.05, 0) is 49.4 Å². The highest BCUT2D eigenvalue weighted by Crippen LogP contribution is 2.31. The highest BCUT2D eigenvalue weighted by Gasteiger charge is 2.28. The fourth-order valence-electron chi connectivity index (χ4n) is 3.27. The normalized spacial score (nSPS) is 18.9. The molecule has 1 aromatic rings. The van der Waals surface area contributed by atoms with E-state index in [1.54, 1.807) is 6.92 Å². The molecule has 1 saturated heterocycles. The van der Waals surface area contributed by atoms with Gasteiger partial charge in [-0.1, -0.05) is 12.1 Å². The number of anilines is 1. The third-order valence-corrected chi connectivity index (χ3v) is 5.97. The second-order valence-electron chi connectivity index (χ2n) is 6.57. The van der Waals surface area contributed by atoms with Crippen LogP contribution < -0.4 is 4.90 Å². The van der Waals surface area contributed by atoms with E-state index < -0.39 is 0 Å². The van der Waals surface area contributed by atoms with Gasteiger partial charge < -0.3 is 14.7 Å². The Morgan fingerprint density at radius 1 is 1.15 bits per heavy atom. The van der Waals surface area contributed by atoms with Crippen LogP contribution in [0.2, 0.25) is 0 Å². The third-order valence-electron chi connectivity index (χ3n) is 4.92. The van der Waals surface area contributed by atoms with Crippen molar-refractivity contribution < 1.29 is 9.59 Å². The summed E-state index contributed by atoms with van der Waals surface area (Å²) in [5, 5.41) is 0.745. The number of amides is 2. The minimum atomic E-state index is -0.184. The van der Waals surface area contributed by atoms with Crippen molar-refractivity contribution in [3.8, 4) is 0 Å². The lowest BCUT2D eigenvalue weighted by Crippen LogP contribution is -2.49. The molecule has 0 saturated carbocycles. The van der Waals surface area contributed by atoms with Crippen molar-refractivity contribution >= 4 is 40.5 Å². The zero-order valence-corrected chi connectivity index (χ0v) is 17.0. The van der Waals surface area contributed by atoms with Gasteiger partial charge in [0.2, 0.25) is 5.91 Å². The molecule has 2 aliphatic rings. The van der Waals surface area contributed by atoms with Crippen LogP contribution in [0.5, 0.6) is 0 Å². The summed E-state index contributed by atoms with van der Waals surface area (Å²) in [6, 6.07) is 8.26. The van der Waals surface area contributed by atoms with Crippen molar-refractivity contribution in [2.45, 2.75) is 20.8 Å². The maximum Gasteiger partial charge on any atom is 0.286 e. The van der Waals surface area contributed by atoms with Crippen molar-refractivity contribution in [2.24, 2.45) is 4.99 Å². The van der Waals surface area contributed by atoms with Crippen LogP contribution in [0.25, 0.3) is 6.08 Å². The summed E-state index contributed by atoms with van der Waals surface area (Å²) >= 11 is 1.42. The molecule has 0 aliphatic carbocycles. The second kappa shape index (κ2) is 8.61. The van der Waals surface area contributed by atoms with Crippen molar-refractivity contribution in [3.05, 3.63) is 34.7 Å². The lowest BCUT2D eigenvalue weighted by molar-refractivity contribution is -0.130. The van der Waals surface area contributed by atoms with Crippen LogP contribution in [-0.4, -0.2) is 66.1 Å². The number of amidine groups is 1. The Labute approximate surface area is 164 Å². The fourth-order valence-corrected chi connectivity index (χ4v) is 4.23. The number of carbonyl (C=O) groups excluding carboxylic acids is 2. The average Bonchev–Trinajstić information content (AvgIpc) is 3.04. The number of thioether (sulfide) groups is 1. The molecule has 0 aromatic heterocycles. The van der Waals surface area contributed by atoms with E-state index in [9.17, 15) is 9.59 Å². The van der Waals surface area contributed by atoms with Gasteiger partial charge in [0.15, 0.2) is 5.17 Å². The van der Waals surface area contributed by atoms with Crippen molar-refractivity contribution in [1.29, 1.82) is 0 Å². The molecule has 3 rings (SSSR count). The first kappa shape index (κ1) is 19.5. The first-order valence-corrected chi connectivity index (χ1v) is 10.2. The van der Waals surface area contributed by atoms with Crippen LogP contribution in [0, 0.1) is 0 Å². The standard InChI is InChI=1S/C20H26N4O2S/c1-4-22(5-2)17-8-6-16(7-9-17)14-18-19(26)21-20(27-18)24-12-10-23(11-13-24)15(3)25/h6-9,14H,4-5,10-13H2,1-3H3/b18-14+. The van der Waals surface area contributed by atoms with Crippen molar-refractivity contribution in [1.82, 2.24) is 9.80 Å². The van der Waals surface area contributed by atoms with E-state index in [2.05, 4.69) is 40.8 Å². The Hall–Kier alpha value is -2.28. The number of hydrogen-bond donors (Lipinski definition) is 0. The molecule has 27 heavy (non-hydrogen) atoms. The number of benzene rings is 1. The topological polar surface area (TPSA) is 56.2 Å². The van der Waals surface area contributed by atoms with Gasteiger partial charge in [-0.15, -0.1) is 0 Å². The summed E-state index contributed by atoms with van der Waals surface area (Å²) in [7, 11) is 0. The highest BCUT2D eigenvalue weighted by molar-refractivity contribution is 8.18. The van der Waals surface area contributed by atoms with Gasteiger partial charge in [-0.3, -0.25) is 9.59 Å². The molecule has 0 N–H and O–H groups in total. The first-order valence-electron chi connectivity index (χ1n) is 9.39. The minimum absolute atomic E-state index is 0.0977. The molecule has 2 aliphatic heterocycles. The fraction of sp³-hybridized carbons (Fsp3) is 0.450. The van der Waals surface area contributed by atoms with E-state index >= 15 is 0 Å². The molecular weight excluding hydrogens is 360 g/mol. The number of aliphatic imine (C=N–C) groups is 1. The minimum Gasteiger partial charge on any atom is -0.372 e. The molecule has 0 radical (unpaired) electrons. The van der Waals surface area contributed by atoms with Gasteiger partial charge in [0.1, 0.15) is 0 Å². The number of rotatable bonds is 4. The Morgan fingerprint density at radius 2 is 1.78 bits per heavy atom. The summed E-state index contributed by atoms with van der Waals surface area (Å²) in [6.07, 6.45) is 1.90. The summed E-state index contributed by atoms with van der Waals surface area (Å²) in [4.78, 5) is 34.8. The molecule has 7 heteroatoms. The smallest absolute Gasteiger partial charge is 0.286 e. The van der Waals surface area contributed by atoms with Crippen LogP contribution in [0.1, 0.15) is 26.3 Å². The highest BCUT2D eigenvalue weighted by atomic mass is 32.2. The summed E-state index contributed by atoms with van der Waals surface area (Å²) in [5.74, 6) is -0.0858. The van der Waals surface area contributed by atoms with E-state index in [0.29, 0.717) is 31.1 Å². The van der Waals surface area contributed by atoms with E-state index in [1.807, 2.05) is 23.1 Å². The third kappa shape index (κ3) is 4.53. The number of carbonyl (C=O) groups is 2. The van der Waals surface area contributed by atoms with E-state index in [0.717, 1.165) is 23.8 Å². The number of hydrogen-bond acceptors (Lipinski definition) is 5. The average molecular weight is 387 g/mol. The molecule has 144 valence electrons. The lowest BCUT2D eigenvalue weighted by atomic mass is 10.2. The zero-order valence-electron chi connectivity index (χ0n) is 16.1. The van der Waals surface area contributed by atoms with E-state index in [4.69, 9.17) is 0 Å². The second-order valence-corrected chi connectivity index (χ2v) is 7.58. The van der Waals surface area contributed by atoms with Gasteiger partial charge in [-0.25, -0.2) is 0 Å². The monoisotopic (exact) mass is 386 g/mol. The summed E-state index contributed by atoms with van der Waals surface area (Å²) < 4.78 is 0. The lowest BCUT2D eigenvalue weighted by Gasteiger charge is -2.34. The first-order chi connectivity index (χ1) is 13.0. The molecule has 2 heterocycles. The largest absolute Gasteiger partial charge is 0.372 e. The molecule has 1 aromatic carbocycles. The van der Waals surface area contributed by atoms with Gasteiger partial charge in [-0.2, -0.15) is 4.99 Å². The number of piperazine rings is 1. The predicted octanol–water partition coefficient (Wildman–Crippen LogP) is 2.67. The molecule has 1 fully saturated rings. The van der Waals surface area contributed by atoms with Crippen LogP contribution in [0.4, 0.5) is 5.69 Å². The quantitative estimate of drug-likeness (QED) is 0.745. The molecule has 0 atom stereocenters. The van der Waals surface area contributed by atoms with Gasteiger partial charge in [0.05, 0.1) is 4.91 Å². The molecule has 2 amide bonds. The van der Waals surface area contributed by atoms with Crippen molar-refractivity contribution in [2.75, 3.05) is 44.2 Å². The Balaban J connectivity index is 1.64. The van der Waals surface area contributed by atoms with E-state index in [-0.39, 0.29) is 11.8 Å². The van der Waals surface area contributed by atoms with Crippen LogP contribution in [0.15, 0.2) is 34.2 Å². The molecular formula is C20H26N4O2S. The maximum absolute atomic E-state index is 12.3. The van der Waals surface area contributed by atoms with Gasteiger partial charge in [0, 0.05) is 51.9 Å². The molecule has 0 bridgehead atoms. The molecule has 0 spiro atoms. The van der Waals surface area contributed by atoms with Crippen LogP contribution in [-0.2, 0) is 9.59 Å². The van der Waals surface area contributed by atoms with Gasteiger partial charge >= 0.3 is 0 Å². The maximum atomic E-state index is 12.3. The molecule has 0 unspecified atom stereocenters. The van der Waals surface area contributed by atoms with Crippen molar-refractivity contribution in [3.63, 3.8) is 0 Å². The van der Waals surface area contributed by atoms with E-state index in [1.165, 1.54) is 17.4 Å². The summed E-state index contributed by atoms with van der Waals surface area (Å²) in [6.45, 7) is 10.6.